The van der Waals surface area contributed by atoms with Crippen LogP contribution in [0.15, 0.2) is 90.8 Å². The first-order chi connectivity index (χ1) is 12.9. The van der Waals surface area contributed by atoms with Crippen molar-refractivity contribution in [1.82, 2.24) is 15.2 Å². The minimum atomic E-state index is -0.487. The second kappa shape index (κ2) is 5.95. The van der Waals surface area contributed by atoms with Crippen LogP contribution < -0.4 is 0 Å². The van der Waals surface area contributed by atoms with E-state index < -0.39 is 5.41 Å². The van der Waals surface area contributed by atoms with E-state index in [1.807, 2.05) is 0 Å². The third-order valence-electron chi connectivity index (χ3n) is 5.41. The smallest absolute Gasteiger partial charge is 0.143 e. The third-order valence-corrected chi connectivity index (χ3v) is 5.41. The molecule has 26 heavy (non-hydrogen) atoms. The number of nitrogens with one attached hydrogen (secondary N) is 1. The molecule has 3 nitrogen and oxygen atoms in total. The van der Waals surface area contributed by atoms with Gasteiger partial charge < -0.3 is 0 Å². The Morgan fingerprint density at radius 2 is 1.77 bits per heavy atom. The van der Waals surface area contributed by atoms with E-state index in [1.165, 1.54) is 27.8 Å². The Kier molecular flexibility index (Phi) is 3.45. The lowest BCUT2D eigenvalue weighted by atomic mass is 9.71. The van der Waals surface area contributed by atoms with E-state index in [4.69, 9.17) is 0 Å². The summed E-state index contributed by atoms with van der Waals surface area (Å²) in [6, 6.07) is 19.3. The van der Waals surface area contributed by atoms with Crippen molar-refractivity contribution in [2.45, 2.75) is 18.3 Å². The number of H-pyrrole nitrogens is 1. The van der Waals surface area contributed by atoms with Gasteiger partial charge in [-0.2, -0.15) is 5.10 Å². The van der Waals surface area contributed by atoms with Crippen LogP contribution in [0.1, 0.15) is 35.4 Å². The largest absolute Gasteiger partial charge is 0.262 e. The summed E-state index contributed by atoms with van der Waals surface area (Å²) in [5.74, 6) is 0.844. The normalized spacial score (nSPS) is 21.2. The summed E-state index contributed by atoms with van der Waals surface area (Å²) in [6.07, 6.45) is 12.8. The number of aromatic nitrogens is 3. The number of hydrogen-bond donors (Lipinski definition) is 1. The van der Waals surface area contributed by atoms with Crippen molar-refractivity contribution in [2.24, 2.45) is 0 Å². The fourth-order valence-electron chi connectivity index (χ4n) is 4.22. The van der Waals surface area contributed by atoms with Gasteiger partial charge in [0.2, 0.25) is 0 Å². The monoisotopic (exact) mass is 337 g/mol. The van der Waals surface area contributed by atoms with Crippen molar-refractivity contribution < 1.29 is 0 Å². The molecule has 0 amide bonds. The minimum absolute atomic E-state index is 0.487. The van der Waals surface area contributed by atoms with Crippen LogP contribution in [0.5, 0.6) is 0 Å². The summed E-state index contributed by atoms with van der Waals surface area (Å²) in [4.78, 5) is 4.59. The Labute approximate surface area is 152 Å². The quantitative estimate of drug-likeness (QED) is 0.729. The van der Waals surface area contributed by atoms with Gasteiger partial charge in [-0.25, -0.2) is 4.98 Å². The number of nitrogens with zero attached hydrogens (tertiary/aromatic N) is 2. The molecule has 0 saturated carbocycles. The van der Waals surface area contributed by atoms with Crippen LogP contribution in [-0.4, -0.2) is 15.2 Å². The number of aromatic amines is 1. The zero-order valence-corrected chi connectivity index (χ0v) is 14.4. The lowest BCUT2D eigenvalue weighted by Gasteiger charge is -2.31. The lowest BCUT2D eigenvalue weighted by molar-refractivity contribution is 0.709. The maximum Gasteiger partial charge on any atom is 0.143 e. The fraction of sp³-hybridized carbons (Fsp3) is 0.130. The molecule has 2 aliphatic carbocycles. The average molecular weight is 337 g/mol. The van der Waals surface area contributed by atoms with Gasteiger partial charge in [-0.1, -0.05) is 78.9 Å². The summed E-state index contributed by atoms with van der Waals surface area (Å²) in [5, 5.41) is 7.31. The Bertz CT molecular complexity index is 1030. The first-order valence-electron chi connectivity index (χ1n) is 9.00. The van der Waals surface area contributed by atoms with Gasteiger partial charge in [0.25, 0.3) is 0 Å². The molecule has 2 aromatic carbocycles. The van der Waals surface area contributed by atoms with Crippen LogP contribution in [0.3, 0.4) is 0 Å². The molecule has 1 unspecified atom stereocenters. The highest BCUT2D eigenvalue weighted by molar-refractivity contribution is 5.80. The fourth-order valence-corrected chi connectivity index (χ4v) is 4.22. The average Bonchev–Trinajstić information content (AvgIpc) is 3.21. The summed E-state index contributed by atoms with van der Waals surface area (Å²) >= 11 is 0. The van der Waals surface area contributed by atoms with Crippen LogP contribution in [-0.2, 0) is 5.41 Å². The molecule has 0 radical (unpaired) electrons. The van der Waals surface area contributed by atoms with Gasteiger partial charge in [0.1, 0.15) is 12.2 Å². The molecule has 2 aliphatic rings. The molecule has 5 rings (SSSR count). The number of allylic oxidation sites excluding steroid dienone is 6. The molecule has 0 fully saturated rings. The Hall–Kier alpha value is -3.20. The summed E-state index contributed by atoms with van der Waals surface area (Å²) in [6.45, 7) is 0. The van der Waals surface area contributed by atoms with Gasteiger partial charge in [-0.3, -0.25) is 5.10 Å². The molecule has 3 heteroatoms. The molecule has 1 aromatic heterocycles. The topological polar surface area (TPSA) is 41.6 Å². The Balaban J connectivity index is 1.88. The molecule has 0 saturated heterocycles. The molecule has 126 valence electrons. The van der Waals surface area contributed by atoms with E-state index in [0.29, 0.717) is 0 Å². The number of benzene rings is 2. The molecular weight excluding hydrogens is 318 g/mol. The highest BCUT2D eigenvalue weighted by Crippen LogP contribution is 2.46. The van der Waals surface area contributed by atoms with E-state index in [9.17, 15) is 0 Å². The van der Waals surface area contributed by atoms with Gasteiger partial charge in [-0.15, -0.1) is 0 Å². The number of hydrogen-bond acceptors (Lipinski definition) is 2. The van der Waals surface area contributed by atoms with Crippen molar-refractivity contribution in [3.8, 4) is 0 Å². The molecule has 3 aromatic rings. The van der Waals surface area contributed by atoms with Crippen LogP contribution in [0.4, 0.5) is 0 Å². The Morgan fingerprint density at radius 3 is 2.62 bits per heavy atom. The SMILES string of the molecule is C1=CC2=C(CC1)c1ccccc1C(c1ccccc1)(c1ncn[nH]1)C=C2. The van der Waals surface area contributed by atoms with Crippen LogP contribution in [0, 0.1) is 0 Å². The van der Waals surface area contributed by atoms with Crippen molar-refractivity contribution in [1.29, 1.82) is 0 Å². The molecule has 0 aliphatic heterocycles. The van der Waals surface area contributed by atoms with Crippen LogP contribution in [0.2, 0.25) is 0 Å². The first-order valence-corrected chi connectivity index (χ1v) is 9.00. The maximum absolute atomic E-state index is 4.59. The van der Waals surface area contributed by atoms with E-state index in [2.05, 4.69) is 94.1 Å². The van der Waals surface area contributed by atoms with Crippen molar-refractivity contribution in [3.63, 3.8) is 0 Å². The highest BCUT2D eigenvalue weighted by atomic mass is 15.2. The molecule has 1 N–H and O–H groups in total. The van der Waals surface area contributed by atoms with E-state index in [1.54, 1.807) is 6.33 Å². The van der Waals surface area contributed by atoms with E-state index in [0.717, 1.165) is 18.7 Å². The van der Waals surface area contributed by atoms with Crippen LogP contribution >= 0.6 is 0 Å². The molecule has 0 bridgehead atoms. The second-order valence-corrected chi connectivity index (χ2v) is 6.76. The van der Waals surface area contributed by atoms with E-state index in [-0.39, 0.29) is 0 Å². The summed E-state index contributed by atoms with van der Waals surface area (Å²) in [5.41, 5.74) is 5.96. The first kappa shape index (κ1) is 15.1. The number of fused-ring (bicyclic) bond motifs is 2. The summed E-state index contributed by atoms with van der Waals surface area (Å²) < 4.78 is 0. The molecular formula is C23H19N3. The van der Waals surface area contributed by atoms with Crippen molar-refractivity contribution >= 4 is 5.57 Å². The van der Waals surface area contributed by atoms with Crippen LogP contribution in [0.25, 0.3) is 5.57 Å². The number of rotatable bonds is 2. The zero-order valence-electron chi connectivity index (χ0n) is 14.4. The maximum atomic E-state index is 4.59. The van der Waals surface area contributed by atoms with Gasteiger partial charge in [-0.05, 0) is 40.7 Å². The van der Waals surface area contributed by atoms with E-state index >= 15 is 0 Å². The van der Waals surface area contributed by atoms with Crippen molar-refractivity contribution in [2.75, 3.05) is 0 Å². The predicted octanol–water partition coefficient (Wildman–Crippen LogP) is 4.81. The minimum Gasteiger partial charge on any atom is -0.262 e. The van der Waals surface area contributed by atoms with Gasteiger partial charge in [0.15, 0.2) is 0 Å². The van der Waals surface area contributed by atoms with Gasteiger partial charge in [0.05, 0.1) is 5.41 Å². The molecule has 0 spiro atoms. The molecule has 1 atom stereocenters. The highest BCUT2D eigenvalue weighted by Gasteiger charge is 2.40. The Morgan fingerprint density at radius 1 is 0.923 bits per heavy atom. The van der Waals surface area contributed by atoms with Crippen molar-refractivity contribution in [3.05, 3.63) is 113 Å². The second-order valence-electron chi connectivity index (χ2n) is 6.76. The van der Waals surface area contributed by atoms with Gasteiger partial charge in [0, 0.05) is 0 Å². The standard InChI is InChI=1S/C23H19N3/c1-2-9-18(10-3-1)23(22-24-16-25-26-22)15-14-17-8-4-5-11-19(17)20-12-6-7-13-21(20)23/h1-4,6-10,12-16H,5,11H2,(H,24,25,26). The molecule has 1 heterocycles. The third kappa shape index (κ3) is 2.14. The summed E-state index contributed by atoms with van der Waals surface area (Å²) in [7, 11) is 0. The zero-order chi connectivity index (χ0) is 17.4. The van der Waals surface area contributed by atoms with Gasteiger partial charge >= 0.3 is 0 Å². The predicted molar refractivity (Wildman–Crippen MR) is 104 cm³/mol. The lowest BCUT2D eigenvalue weighted by Crippen LogP contribution is -2.29.